The lowest BCUT2D eigenvalue weighted by Crippen LogP contribution is -2.29. The lowest BCUT2D eigenvalue weighted by molar-refractivity contribution is 0.0941. The number of anilines is 3. The molecule has 9 heteroatoms. The molecule has 0 aliphatic carbocycles. The average Bonchev–Trinajstić information content (AvgIpc) is 3.29. The number of hydrogen-bond donors (Lipinski definition) is 4. The summed E-state index contributed by atoms with van der Waals surface area (Å²) in [5.74, 6) is 1.24. The number of imidazole rings is 1. The monoisotopic (exact) mass is 502 g/mol. The first-order valence-electron chi connectivity index (χ1n) is 12.3. The highest BCUT2D eigenvalue weighted by Gasteiger charge is 2.18. The molecule has 1 amide bonds. The van der Waals surface area contributed by atoms with Crippen LogP contribution >= 0.6 is 0 Å². The normalized spacial score (nSPS) is 11.4. The van der Waals surface area contributed by atoms with Crippen molar-refractivity contribution in [3.05, 3.63) is 65.9 Å². The first kappa shape index (κ1) is 26.0. The second kappa shape index (κ2) is 10.9. The molecule has 2 aromatic heterocycles. The van der Waals surface area contributed by atoms with Gasteiger partial charge in [0, 0.05) is 42.0 Å². The van der Waals surface area contributed by atoms with Crippen LogP contribution in [0.1, 0.15) is 43.1 Å². The van der Waals surface area contributed by atoms with Crippen molar-refractivity contribution in [2.24, 2.45) is 0 Å². The van der Waals surface area contributed by atoms with Gasteiger partial charge in [0.25, 0.3) is 5.91 Å². The third-order valence-electron chi connectivity index (χ3n) is 5.82. The van der Waals surface area contributed by atoms with Crippen molar-refractivity contribution in [1.29, 1.82) is 0 Å². The van der Waals surface area contributed by atoms with E-state index in [1.807, 2.05) is 62.4 Å². The third-order valence-corrected chi connectivity index (χ3v) is 5.82. The van der Waals surface area contributed by atoms with E-state index >= 15 is 0 Å². The molecule has 2 heterocycles. The molecule has 2 aromatic carbocycles. The second-order valence-corrected chi connectivity index (χ2v) is 9.63. The second-order valence-electron chi connectivity index (χ2n) is 9.63. The molecule has 4 N–H and O–H groups in total. The highest BCUT2D eigenvalue weighted by Crippen LogP contribution is 2.29. The minimum atomic E-state index is -0.915. The van der Waals surface area contributed by atoms with Gasteiger partial charge in [-0.15, -0.1) is 5.10 Å². The highest BCUT2D eigenvalue weighted by atomic mass is 16.5. The van der Waals surface area contributed by atoms with Crippen LogP contribution in [0.4, 0.5) is 17.2 Å². The summed E-state index contributed by atoms with van der Waals surface area (Å²) in [7, 11) is 1.63. The predicted molar refractivity (Wildman–Crippen MR) is 147 cm³/mol. The summed E-state index contributed by atoms with van der Waals surface area (Å²) < 4.78 is 7.11. The van der Waals surface area contributed by atoms with E-state index < -0.39 is 5.60 Å². The zero-order valence-electron chi connectivity index (χ0n) is 21.9. The lowest BCUT2D eigenvalue weighted by Gasteiger charge is -2.19. The van der Waals surface area contributed by atoms with Gasteiger partial charge in [-0.1, -0.05) is 19.1 Å². The zero-order valence-corrected chi connectivity index (χ0v) is 21.9. The predicted octanol–water partition coefficient (Wildman–Crippen LogP) is 4.78. The molecular formula is C28H34N6O3. The molecule has 0 saturated heterocycles. The Morgan fingerprint density at radius 3 is 2.68 bits per heavy atom. The molecule has 0 saturated carbocycles. The molecule has 9 nitrogen and oxygen atoms in total. The van der Waals surface area contributed by atoms with Crippen LogP contribution in [0.3, 0.4) is 0 Å². The van der Waals surface area contributed by atoms with Crippen molar-refractivity contribution >= 4 is 28.7 Å². The number of nitrogens with zero attached hydrogens (tertiary/aromatic N) is 3. The molecule has 4 aromatic rings. The van der Waals surface area contributed by atoms with Crippen LogP contribution in [0.15, 0.2) is 54.7 Å². The van der Waals surface area contributed by atoms with Crippen LogP contribution in [0.2, 0.25) is 0 Å². The van der Waals surface area contributed by atoms with E-state index in [1.165, 1.54) is 0 Å². The summed E-state index contributed by atoms with van der Waals surface area (Å²) in [4.78, 5) is 17.1. The van der Waals surface area contributed by atoms with Crippen molar-refractivity contribution < 1.29 is 14.6 Å². The Kier molecular flexibility index (Phi) is 7.63. The number of ether oxygens (including phenoxy) is 1. The Hall–Kier alpha value is -4.11. The lowest BCUT2D eigenvalue weighted by atomic mass is 10.0. The fraction of sp³-hybridized carbons (Fsp3) is 0.321. The first-order valence-corrected chi connectivity index (χ1v) is 12.3. The van der Waals surface area contributed by atoms with E-state index in [1.54, 1.807) is 31.7 Å². The summed E-state index contributed by atoms with van der Waals surface area (Å²) in [5.41, 5.74) is 4.43. The maximum absolute atomic E-state index is 12.5. The van der Waals surface area contributed by atoms with E-state index in [2.05, 4.69) is 20.9 Å². The van der Waals surface area contributed by atoms with Crippen molar-refractivity contribution in [3.63, 3.8) is 0 Å². The van der Waals surface area contributed by atoms with E-state index in [-0.39, 0.29) is 5.91 Å². The van der Waals surface area contributed by atoms with Gasteiger partial charge in [-0.25, -0.2) is 9.50 Å². The topological polar surface area (TPSA) is 113 Å². The molecule has 0 bridgehead atoms. The van der Waals surface area contributed by atoms with Gasteiger partial charge < -0.3 is 25.8 Å². The summed E-state index contributed by atoms with van der Waals surface area (Å²) in [5, 5.41) is 24.7. The van der Waals surface area contributed by atoms with Crippen molar-refractivity contribution in [1.82, 2.24) is 19.9 Å². The van der Waals surface area contributed by atoms with E-state index in [4.69, 9.17) is 9.84 Å². The van der Waals surface area contributed by atoms with Gasteiger partial charge in [0.2, 0.25) is 0 Å². The van der Waals surface area contributed by atoms with Crippen LogP contribution in [0.5, 0.6) is 5.75 Å². The summed E-state index contributed by atoms with van der Waals surface area (Å²) in [6, 6.07) is 15.2. The van der Waals surface area contributed by atoms with Crippen molar-refractivity contribution in [2.75, 3.05) is 30.8 Å². The quantitative estimate of drug-likeness (QED) is 0.247. The van der Waals surface area contributed by atoms with Gasteiger partial charge in [-0.2, -0.15) is 0 Å². The van der Waals surface area contributed by atoms with Gasteiger partial charge in [-0.05, 0) is 57.0 Å². The molecule has 0 spiro atoms. The maximum atomic E-state index is 12.5. The molecule has 4 rings (SSSR count). The van der Waals surface area contributed by atoms with E-state index in [0.29, 0.717) is 30.1 Å². The maximum Gasteiger partial charge on any atom is 0.251 e. The molecule has 0 atom stereocenters. The number of aryl methyl sites for hydroxylation is 1. The SMILES string of the molecule is CCCNC(=O)c1ccc(-c2cnc3c(NCC(C)(C)O)cc(Nc4cccc(OC)c4)nn23)cc1C. The number of aliphatic hydroxyl groups is 1. The Bertz CT molecular complexity index is 1410. The summed E-state index contributed by atoms with van der Waals surface area (Å²) in [6.45, 7) is 8.40. The molecule has 0 fully saturated rings. The number of carbonyl (C=O) groups excluding carboxylic acids is 1. The van der Waals surface area contributed by atoms with Crippen molar-refractivity contribution in [2.45, 2.75) is 39.7 Å². The Morgan fingerprint density at radius 2 is 1.97 bits per heavy atom. The number of rotatable bonds is 10. The van der Waals surface area contributed by atoms with Gasteiger partial charge >= 0.3 is 0 Å². The highest BCUT2D eigenvalue weighted by molar-refractivity contribution is 5.96. The number of nitrogens with one attached hydrogen (secondary N) is 3. The van der Waals surface area contributed by atoms with Crippen LogP contribution in [0, 0.1) is 6.92 Å². The van der Waals surface area contributed by atoms with E-state index in [9.17, 15) is 9.90 Å². The van der Waals surface area contributed by atoms with Crippen molar-refractivity contribution in [3.8, 4) is 17.0 Å². The molecule has 0 aliphatic heterocycles. The fourth-order valence-corrected chi connectivity index (χ4v) is 3.93. The molecule has 0 radical (unpaired) electrons. The Labute approximate surface area is 216 Å². The first-order chi connectivity index (χ1) is 17.7. The van der Waals surface area contributed by atoms with Crippen LogP contribution < -0.4 is 20.7 Å². The van der Waals surface area contributed by atoms with Crippen LogP contribution in [0.25, 0.3) is 16.9 Å². The fourth-order valence-electron chi connectivity index (χ4n) is 3.93. The third kappa shape index (κ3) is 6.18. The average molecular weight is 503 g/mol. The molecule has 0 unspecified atom stereocenters. The number of benzene rings is 2. The number of carbonyl (C=O) groups is 1. The summed E-state index contributed by atoms with van der Waals surface area (Å²) in [6.07, 6.45) is 2.64. The Morgan fingerprint density at radius 1 is 1.16 bits per heavy atom. The number of amides is 1. The van der Waals surface area contributed by atoms with Gasteiger partial charge in [-0.3, -0.25) is 4.79 Å². The smallest absolute Gasteiger partial charge is 0.251 e. The number of aromatic nitrogens is 3. The largest absolute Gasteiger partial charge is 0.497 e. The minimum Gasteiger partial charge on any atom is -0.497 e. The standard InChI is InChI=1S/C28H34N6O3/c1-6-12-29-27(35)22-11-10-19(13-18(22)2)24-16-30-26-23(31-17-28(3,4)36)15-25(33-34(24)26)32-20-8-7-9-21(14-20)37-5/h7-11,13-16,31,36H,6,12,17H2,1-5H3,(H,29,35)(H,32,33). The summed E-state index contributed by atoms with van der Waals surface area (Å²) >= 11 is 0. The van der Waals surface area contributed by atoms with Crippen LogP contribution in [-0.2, 0) is 0 Å². The molecule has 0 aliphatic rings. The van der Waals surface area contributed by atoms with Gasteiger partial charge in [0.1, 0.15) is 5.75 Å². The molecule has 37 heavy (non-hydrogen) atoms. The Balaban J connectivity index is 1.75. The zero-order chi connectivity index (χ0) is 26.6. The van der Waals surface area contributed by atoms with Gasteiger partial charge in [0.05, 0.1) is 30.3 Å². The minimum absolute atomic E-state index is 0.0787. The molecular weight excluding hydrogens is 468 g/mol. The van der Waals surface area contributed by atoms with E-state index in [0.717, 1.165) is 40.4 Å². The number of methoxy groups -OCH3 is 1. The van der Waals surface area contributed by atoms with Gasteiger partial charge in [0.15, 0.2) is 11.5 Å². The number of fused-ring (bicyclic) bond motifs is 1. The molecule has 194 valence electrons. The van der Waals surface area contributed by atoms with Crippen LogP contribution in [-0.4, -0.2) is 51.4 Å². The number of hydrogen-bond acceptors (Lipinski definition) is 7.